The van der Waals surface area contributed by atoms with Crippen molar-refractivity contribution in [3.05, 3.63) is 36.2 Å². The van der Waals surface area contributed by atoms with Crippen LogP contribution in [0.3, 0.4) is 0 Å². The van der Waals surface area contributed by atoms with Crippen molar-refractivity contribution in [2.75, 3.05) is 24.4 Å². The Bertz CT molecular complexity index is 873. The second kappa shape index (κ2) is 6.71. The quantitative estimate of drug-likeness (QED) is 0.722. The molecule has 0 aliphatic heterocycles. The molecule has 0 spiro atoms. The van der Waals surface area contributed by atoms with Crippen molar-refractivity contribution in [1.82, 2.24) is 10.2 Å². The minimum Gasteiger partial charge on any atom is -0.384 e. The minimum absolute atomic E-state index is 0.0121. The van der Waals surface area contributed by atoms with Crippen LogP contribution in [0.25, 0.3) is 0 Å². The van der Waals surface area contributed by atoms with Crippen molar-refractivity contribution in [3.8, 4) is 0 Å². The van der Waals surface area contributed by atoms with Crippen molar-refractivity contribution >= 4 is 25.4 Å². The van der Waals surface area contributed by atoms with E-state index in [-0.39, 0.29) is 9.79 Å². The van der Waals surface area contributed by atoms with E-state index >= 15 is 0 Å². The van der Waals surface area contributed by atoms with E-state index in [9.17, 15) is 16.8 Å². The number of aromatic amines is 1. The highest BCUT2D eigenvalue weighted by Gasteiger charge is 2.17. The largest absolute Gasteiger partial charge is 0.384 e. The summed E-state index contributed by atoms with van der Waals surface area (Å²) >= 11 is 0. The molecule has 0 amide bonds. The molecule has 1 aromatic heterocycles. The zero-order valence-electron chi connectivity index (χ0n) is 12.9. The van der Waals surface area contributed by atoms with Gasteiger partial charge in [-0.15, -0.1) is 0 Å². The summed E-state index contributed by atoms with van der Waals surface area (Å²) in [5.41, 5.74) is 1.41. The van der Waals surface area contributed by atoms with Gasteiger partial charge in [-0.25, -0.2) is 16.8 Å². The lowest BCUT2D eigenvalue weighted by Gasteiger charge is -2.12. The summed E-state index contributed by atoms with van der Waals surface area (Å²) in [5.74, 6) is 0. The number of sulfone groups is 2. The Morgan fingerprint density at radius 2 is 1.83 bits per heavy atom. The Hall–Kier alpha value is -1.87. The van der Waals surface area contributed by atoms with Gasteiger partial charge >= 0.3 is 0 Å². The summed E-state index contributed by atoms with van der Waals surface area (Å²) in [5, 5.41) is 9.76. The lowest BCUT2D eigenvalue weighted by atomic mass is 10.2. The molecule has 0 bridgehead atoms. The van der Waals surface area contributed by atoms with Gasteiger partial charge in [0, 0.05) is 30.9 Å². The summed E-state index contributed by atoms with van der Waals surface area (Å²) in [6.45, 7) is 0.555. The molecule has 2 N–H and O–H groups in total. The predicted molar refractivity (Wildman–Crippen MR) is 88.1 cm³/mol. The van der Waals surface area contributed by atoms with Gasteiger partial charge in [-0.3, -0.25) is 5.10 Å². The zero-order valence-corrected chi connectivity index (χ0v) is 14.5. The minimum atomic E-state index is -3.54. The number of nitrogens with one attached hydrogen (secondary N) is 2. The Morgan fingerprint density at radius 3 is 2.39 bits per heavy atom. The topological polar surface area (TPSA) is 109 Å². The van der Waals surface area contributed by atoms with Crippen LogP contribution >= 0.6 is 0 Å². The van der Waals surface area contributed by atoms with Crippen molar-refractivity contribution < 1.29 is 16.8 Å². The van der Waals surface area contributed by atoms with Crippen LogP contribution in [0, 0.1) is 0 Å². The molecule has 126 valence electrons. The first-order chi connectivity index (χ1) is 10.7. The van der Waals surface area contributed by atoms with Gasteiger partial charge in [-0.05, 0) is 37.1 Å². The smallest absolute Gasteiger partial charge is 0.177 e. The van der Waals surface area contributed by atoms with Crippen molar-refractivity contribution in [2.24, 2.45) is 0 Å². The Kier molecular flexibility index (Phi) is 5.10. The maximum atomic E-state index is 11.9. The van der Waals surface area contributed by atoms with E-state index in [1.807, 2.05) is 6.07 Å². The average molecular weight is 357 g/mol. The number of anilines is 1. The van der Waals surface area contributed by atoms with Gasteiger partial charge in [0.2, 0.25) is 0 Å². The SMILES string of the molecule is CS(=O)(=O)c1ccc(NCCCc2ccn[nH]2)c(S(C)(=O)=O)c1. The summed E-state index contributed by atoms with van der Waals surface area (Å²) in [6, 6.07) is 5.97. The van der Waals surface area contributed by atoms with Crippen LogP contribution in [0.15, 0.2) is 40.3 Å². The van der Waals surface area contributed by atoms with Crippen LogP contribution in [0.5, 0.6) is 0 Å². The third-order valence-electron chi connectivity index (χ3n) is 3.28. The van der Waals surface area contributed by atoms with Crippen molar-refractivity contribution in [1.29, 1.82) is 0 Å². The van der Waals surface area contributed by atoms with Crippen LogP contribution in [-0.4, -0.2) is 46.1 Å². The van der Waals surface area contributed by atoms with Crippen LogP contribution in [0.2, 0.25) is 0 Å². The number of benzene rings is 1. The van der Waals surface area contributed by atoms with E-state index < -0.39 is 19.7 Å². The summed E-state index contributed by atoms with van der Waals surface area (Å²) in [6.07, 6.45) is 5.34. The monoisotopic (exact) mass is 357 g/mol. The Balaban J connectivity index is 2.14. The number of H-pyrrole nitrogens is 1. The summed E-state index contributed by atoms with van der Waals surface area (Å²) in [4.78, 5) is -0.0251. The van der Waals surface area contributed by atoms with E-state index in [1.54, 1.807) is 6.20 Å². The van der Waals surface area contributed by atoms with Gasteiger partial charge in [-0.2, -0.15) is 5.10 Å². The molecule has 0 radical (unpaired) electrons. The van der Waals surface area contributed by atoms with Crippen LogP contribution < -0.4 is 5.32 Å². The Labute approximate surface area is 136 Å². The Morgan fingerprint density at radius 1 is 1.09 bits per heavy atom. The molecule has 0 aliphatic rings. The maximum absolute atomic E-state index is 11.9. The van der Waals surface area contributed by atoms with Crippen molar-refractivity contribution in [3.63, 3.8) is 0 Å². The first-order valence-electron chi connectivity index (χ1n) is 6.94. The van der Waals surface area contributed by atoms with Crippen LogP contribution in [-0.2, 0) is 26.1 Å². The van der Waals surface area contributed by atoms with Gasteiger partial charge in [0.25, 0.3) is 0 Å². The van der Waals surface area contributed by atoms with Gasteiger partial charge in [-0.1, -0.05) is 0 Å². The van der Waals surface area contributed by atoms with E-state index in [4.69, 9.17) is 0 Å². The summed E-state index contributed by atoms with van der Waals surface area (Å²) in [7, 11) is -7.00. The lowest BCUT2D eigenvalue weighted by Crippen LogP contribution is -2.10. The standard InChI is InChI=1S/C14H19N3O4S2/c1-22(18,19)12-5-6-13(14(10-12)23(2,20)21)15-8-3-4-11-7-9-16-17-11/h5-7,9-10,15H,3-4,8H2,1-2H3,(H,16,17). The third kappa shape index (κ3) is 4.80. The molecular weight excluding hydrogens is 338 g/mol. The normalized spacial score (nSPS) is 12.3. The molecule has 0 atom stereocenters. The number of rotatable bonds is 7. The van der Waals surface area contributed by atoms with Gasteiger partial charge < -0.3 is 5.32 Å². The maximum Gasteiger partial charge on any atom is 0.177 e. The first kappa shape index (κ1) is 17.5. The first-order valence-corrected chi connectivity index (χ1v) is 10.7. The number of hydrogen-bond donors (Lipinski definition) is 2. The molecule has 1 aromatic carbocycles. The third-order valence-corrected chi connectivity index (χ3v) is 5.52. The van der Waals surface area contributed by atoms with E-state index in [0.717, 1.165) is 31.0 Å². The van der Waals surface area contributed by atoms with Gasteiger partial charge in [0.15, 0.2) is 19.7 Å². The number of aryl methyl sites for hydroxylation is 1. The highest BCUT2D eigenvalue weighted by atomic mass is 32.2. The molecule has 0 saturated carbocycles. The fourth-order valence-electron chi connectivity index (χ4n) is 2.11. The molecule has 1 heterocycles. The molecule has 9 heteroatoms. The van der Waals surface area contributed by atoms with E-state index in [1.165, 1.54) is 18.2 Å². The van der Waals surface area contributed by atoms with Crippen LogP contribution in [0.4, 0.5) is 5.69 Å². The highest BCUT2D eigenvalue weighted by molar-refractivity contribution is 7.91. The average Bonchev–Trinajstić information content (AvgIpc) is 2.94. The molecule has 0 fully saturated rings. The molecule has 2 rings (SSSR count). The highest BCUT2D eigenvalue weighted by Crippen LogP contribution is 2.25. The predicted octanol–water partition coefficient (Wildman–Crippen LogP) is 1.26. The molecular formula is C14H19N3O4S2. The number of nitrogens with zero attached hydrogens (tertiary/aromatic N) is 1. The van der Waals surface area contributed by atoms with E-state index in [2.05, 4.69) is 15.5 Å². The fraction of sp³-hybridized carbons (Fsp3) is 0.357. The number of aromatic nitrogens is 2. The van der Waals surface area contributed by atoms with Crippen LogP contribution in [0.1, 0.15) is 12.1 Å². The molecule has 0 saturated heterocycles. The summed E-state index contributed by atoms with van der Waals surface area (Å²) < 4.78 is 47.0. The molecule has 2 aromatic rings. The van der Waals surface area contributed by atoms with Gasteiger partial charge in [0.1, 0.15) is 0 Å². The number of hydrogen-bond acceptors (Lipinski definition) is 6. The van der Waals surface area contributed by atoms with Crippen molar-refractivity contribution in [2.45, 2.75) is 22.6 Å². The molecule has 0 aliphatic carbocycles. The molecule has 23 heavy (non-hydrogen) atoms. The molecule has 7 nitrogen and oxygen atoms in total. The molecule has 0 unspecified atom stereocenters. The fourth-order valence-corrected chi connectivity index (χ4v) is 3.71. The second-order valence-corrected chi connectivity index (χ2v) is 9.31. The van der Waals surface area contributed by atoms with E-state index in [0.29, 0.717) is 12.2 Å². The van der Waals surface area contributed by atoms with Gasteiger partial charge in [0.05, 0.1) is 15.5 Å². The lowest BCUT2D eigenvalue weighted by molar-refractivity contribution is 0.600. The zero-order chi connectivity index (χ0) is 17.1. The second-order valence-electron chi connectivity index (χ2n) is 5.31.